The monoisotopic (exact) mass is 203 g/mol. The molecule has 0 atom stereocenters. The summed E-state index contributed by atoms with van der Waals surface area (Å²) in [5, 5.41) is 10.7. The minimum absolute atomic E-state index is 0.494. The first-order chi connectivity index (χ1) is 3.39. The molecule has 0 aromatic carbocycles. The fourth-order valence-electron chi connectivity index (χ4n) is 0.301. The molecule has 3 nitrogen and oxygen atoms in total. The van der Waals surface area contributed by atoms with Crippen molar-refractivity contribution in [3.05, 3.63) is 12.3 Å². The van der Waals surface area contributed by atoms with Crippen LogP contribution in [-0.4, -0.2) is 37.9 Å². The Hall–Kier alpha value is -0.191. The predicted molar refractivity (Wildman–Crippen MR) is 29.4 cm³/mol. The Morgan fingerprint density at radius 2 is 2.43 bits per heavy atom. The molecule has 0 saturated carbocycles. The molecular weight excluding hydrogens is 197 g/mol. The van der Waals surface area contributed by atoms with E-state index in [9.17, 15) is 0 Å². The number of hydrogen-bond donors (Lipinski definition) is 0. The van der Waals surface area contributed by atoms with E-state index in [-0.39, 0.29) is 0 Å². The zero-order valence-electron chi connectivity index (χ0n) is 4.00. The van der Waals surface area contributed by atoms with Crippen molar-refractivity contribution in [3.63, 3.8) is 0 Å². The van der Waals surface area contributed by atoms with E-state index in [4.69, 9.17) is 0 Å². The quantitative estimate of drug-likeness (QED) is 0.450. The van der Waals surface area contributed by atoms with Gasteiger partial charge in [-0.1, -0.05) is 0 Å². The van der Waals surface area contributed by atoms with Crippen molar-refractivity contribution in [2.24, 2.45) is 0 Å². The Kier molecular flexibility index (Phi) is 1.56. The van der Waals surface area contributed by atoms with Crippen molar-refractivity contribution in [2.45, 2.75) is 0 Å². The standard InChI is InChI=1S/C3H2N3.Sn.3H/c1-2-4-6-5-3-1;;;;/h1-2H;;;;. The summed E-state index contributed by atoms with van der Waals surface area (Å²) < 4.78 is 1.11. The molecule has 7 heavy (non-hydrogen) atoms. The van der Waals surface area contributed by atoms with E-state index in [1.165, 1.54) is 0 Å². The van der Waals surface area contributed by atoms with Crippen LogP contribution in [0.2, 0.25) is 0 Å². The third-order valence-electron chi connectivity index (χ3n) is 0.637. The van der Waals surface area contributed by atoms with Gasteiger partial charge in [-0.25, -0.2) is 0 Å². The summed E-state index contributed by atoms with van der Waals surface area (Å²) in [5.74, 6) is 0. The van der Waals surface area contributed by atoms with Gasteiger partial charge in [0.15, 0.2) is 0 Å². The molecule has 0 aliphatic rings. The Morgan fingerprint density at radius 3 is 2.71 bits per heavy atom. The van der Waals surface area contributed by atoms with Crippen LogP contribution in [-0.2, 0) is 0 Å². The van der Waals surface area contributed by atoms with Gasteiger partial charge in [0.1, 0.15) is 0 Å². The van der Waals surface area contributed by atoms with Gasteiger partial charge in [-0.15, -0.1) is 0 Å². The van der Waals surface area contributed by atoms with Crippen LogP contribution >= 0.6 is 0 Å². The number of aromatic nitrogens is 3. The number of hydrogen-bond acceptors (Lipinski definition) is 3. The Morgan fingerprint density at radius 1 is 1.57 bits per heavy atom. The molecule has 36 valence electrons. The second-order valence-corrected chi connectivity index (χ2v) is 4.19. The molecule has 0 bridgehead atoms. The average molecular weight is 202 g/mol. The van der Waals surface area contributed by atoms with Gasteiger partial charge >= 0.3 is 53.9 Å². The maximum atomic E-state index is 3.71. The van der Waals surface area contributed by atoms with Gasteiger partial charge in [-0.2, -0.15) is 0 Å². The first-order valence-electron chi connectivity index (χ1n) is 2.00. The molecule has 1 aromatic heterocycles. The van der Waals surface area contributed by atoms with Crippen LogP contribution in [0.15, 0.2) is 12.3 Å². The van der Waals surface area contributed by atoms with E-state index in [2.05, 4.69) is 15.4 Å². The third-order valence-corrected chi connectivity index (χ3v) is 2.16. The molecule has 1 aromatic rings. The Bertz CT molecular complexity index is 140. The normalized spacial score (nSPS) is 9.14. The minimum atomic E-state index is 0.494. The molecule has 0 radical (unpaired) electrons. The van der Waals surface area contributed by atoms with Crippen molar-refractivity contribution in [1.82, 2.24) is 15.4 Å². The molecule has 4 heteroatoms. The third kappa shape index (κ3) is 1.38. The van der Waals surface area contributed by atoms with Crippen molar-refractivity contribution in [2.75, 3.05) is 0 Å². The van der Waals surface area contributed by atoms with E-state index < -0.39 is 0 Å². The molecule has 1 rings (SSSR count). The number of nitrogens with zero attached hydrogens (tertiary/aromatic N) is 3. The predicted octanol–water partition coefficient (Wildman–Crippen LogP) is -2.14. The summed E-state index contributed by atoms with van der Waals surface area (Å²) in [6.45, 7) is 0. The molecule has 0 N–H and O–H groups in total. The zero-order valence-corrected chi connectivity index (χ0v) is 9.70. The van der Waals surface area contributed by atoms with Crippen LogP contribution in [0.25, 0.3) is 0 Å². The first kappa shape index (κ1) is 4.96. The Labute approximate surface area is 54.2 Å². The SMILES string of the molecule is [SnH3][c]1ccnnn1. The second kappa shape index (κ2) is 2.20. The molecule has 0 aliphatic carbocycles. The van der Waals surface area contributed by atoms with Crippen LogP contribution in [0.4, 0.5) is 0 Å². The van der Waals surface area contributed by atoms with Gasteiger partial charge in [0.25, 0.3) is 0 Å². The van der Waals surface area contributed by atoms with Crippen molar-refractivity contribution < 1.29 is 0 Å². The van der Waals surface area contributed by atoms with Gasteiger partial charge in [0, 0.05) is 0 Å². The van der Waals surface area contributed by atoms with E-state index in [1.54, 1.807) is 6.20 Å². The molecular formula is C3H5N3Sn. The zero-order chi connectivity index (χ0) is 5.11. The van der Waals surface area contributed by atoms with Crippen molar-refractivity contribution >= 4 is 26.2 Å². The van der Waals surface area contributed by atoms with Crippen LogP contribution in [0.5, 0.6) is 0 Å². The summed E-state index contributed by atoms with van der Waals surface area (Å²) in [6.07, 6.45) is 1.67. The molecule has 1 heterocycles. The van der Waals surface area contributed by atoms with Crippen LogP contribution in [0.1, 0.15) is 0 Å². The van der Waals surface area contributed by atoms with Gasteiger partial charge in [-0.3, -0.25) is 0 Å². The van der Waals surface area contributed by atoms with Crippen LogP contribution in [0.3, 0.4) is 0 Å². The summed E-state index contributed by atoms with van der Waals surface area (Å²) in [4.78, 5) is 0. The molecule has 0 unspecified atom stereocenters. The van der Waals surface area contributed by atoms with Crippen LogP contribution in [0, 0.1) is 0 Å². The average Bonchev–Trinajstić information content (AvgIpc) is 1.69. The second-order valence-electron chi connectivity index (χ2n) is 1.26. The van der Waals surface area contributed by atoms with Gasteiger partial charge < -0.3 is 0 Å². The van der Waals surface area contributed by atoms with E-state index >= 15 is 0 Å². The summed E-state index contributed by atoms with van der Waals surface area (Å²) in [7, 11) is 0. The topological polar surface area (TPSA) is 38.7 Å². The molecule has 0 saturated heterocycles. The van der Waals surface area contributed by atoms with Crippen molar-refractivity contribution in [1.29, 1.82) is 0 Å². The van der Waals surface area contributed by atoms with E-state index in [1.807, 2.05) is 6.07 Å². The van der Waals surface area contributed by atoms with E-state index in [0.717, 1.165) is 3.71 Å². The van der Waals surface area contributed by atoms with Gasteiger partial charge in [0.2, 0.25) is 0 Å². The molecule has 0 spiro atoms. The fraction of sp³-hybridized carbons (Fsp3) is 0. The molecule has 0 fully saturated rings. The van der Waals surface area contributed by atoms with Gasteiger partial charge in [-0.05, 0) is 0 Å². The summed E-state index contributed by atoms with van der Waals surface area (Å²) in [6, 6.07) is 1.89. The summed E-state index contributed by atoms with van der Waals surface area (Å²) in [5.41, 5.74) is 0. The molecule has 0 amide bonds. The van der Waals surface area contributed by atoms with Gasteiger partial charge in [0.05, 0.1) is 0 Å². The molecule has 0 aliphatic heterocycles. The van der Waals surface area contributed by atoms with Crippen LogP contribution < -0.4 is 3.71 Å². The maximum absolute atomic E-state index is 3.71. The first-order valence-corrected chi connectivity index (χ1v) is 4.86. The fourth-order valence-corrected chi connectivity index (χ4v) is 0.981. The van der Waals surface area contributed by atoms with E-state index in [0.29, 0.717) is 22.5 Å². The summed E-state index contributed by atoms with van der Waals surface area (Å²) >= 11 is 0.494. The number of rotatable bonds is 0. The van der Waals surface area contributed by atoms with Crippen molar-refractivity contribution in [3.8, 4) is 0 Å². The Balaban J connectivity index is 3.02.